The van der Waals surface area contributed by atoms with Crippen LogP contribution in [0.25, 0.3) is 11.1 Å². The first-order chi connectivity index (χ1) is 16.1. The van der Waals surface area contributed by atoms with Crippen LogP contribution in [0.1, 0.15) is 25.8 Å². The molecule has 0 bridgehead atoms. The van der Waals surface area contributed by atoms with Gasteiger partial charge in [0.1, 0.15) is 0 Å². The molecule has 2 amide bonds. The number of ether oxygens (including phenoxy) is 1. The Morgan fingerprint density at radius 1 is 1.15 bits per heavy atom. The normalized spacial score (nSPS) is 19.8. The summed E-state index contributed by atoms with van der Waals surface area (Å²) in [6.45, 7) is 4.24. The summed E-state index contributed by atoms with van der Waals surface area (Å²) < 4.78 is 5.51. The number of aliphatic hydroxyl groups is 1. The molecule has 0 saturated carbocycles. The highest BCUT2D eigenvalue weighted by Crippen LogP contribution is 2.23. The number of morpholine rings is 1. The number of carboxylic acids is 1. The molecule has 0 unspecified atom stereocenters. The van der Waals surface area contributed by atoms with Crippen LogP contribution in [0.15, 0.2) is 48.5 Å². The Hall–Kier alpha value is -2.94. The lowest BCUT2D eigenvalue weighted by molar-refractivity contribution is -0.154. The lowest BCUT2D eigenvalue weighted by Gasteiger charge is -2.36. The molecule has 0 aromatic heterocycles. The summed E-state index contributed by atoms with van der Waals surface area (Å²) in [5, 5.41) is 22.3. The maximum atomic E-state index is 12.8. The number of carbonyl (C=O) groups excluding carboxylic acids is 2. The SMILES string of the molecule is C[C@@H]1CO[C@@H](C)CN1C(=O)C(=O)N[C@H](Cc1ccc(-c2cccc(Cl)c2)cc1)C[C@@H](O)C(=O)O. The fourth-order valence-electron chi connectivity index (χ4n) is 3.91. The smallest absolute Gasteiger partial charge is 0.332 e. The molecule has 1 saturated heterocycles. The number of aliphatic hydroxyl groups excluding tert-OH is 1. The zero-order valence-electron chi connectivity index (χ0n) is 19.1. The van der Waals surface area contributed by atoms with Gasteiger partial charge in [-0.1, -0.05) is 48.0 Å². The van der Waals surface area contributed by atoms with Gasteiger partial charge in [-0.3, -0.25) is 9.59 Å². The zero-order chi connectivity index (χ0) is 24.8. The van der Waals surface area contributed by atoms with Crippen molar-refractivity contribution in [1.82, 2.24) is 10.2 Å². The molecule has 1 heterocycles. The second-order valence-electron chi connectivity index (χ2n) is 8.62. The Morgan fingerprint density at radius 2 is 1.85 bits per heavy atom. The lowest BCUT2D eigenvalue weighted by Crippen LogP contribution is -2.56. The second kappa shape index (κ2) is 11.5. The molecule has 3 N–H and O–H groups in total. The maximum Gasteiger partial charge on any atom is 0.332 e. The topological polar surface area (TPSA) is 116 Å². The number of rotatable bonds is 7. The molecule has 0 spiro atoms. The van der Waals surface area contributed by atoms with E-state index in [9.17, 15) is 19.5 Å². The summed E-state index contributed by atoms with van der Waals surface area (Å²) >= 11 is 6.07. The molecule has 4 atom stereocenters. The number of hydrogen-bond acceptors (Lipinski definition) is 5. The average Bonchev–Trinajstić information content (AvgIpc) is 2.80. The standard InChI is InChI=1S/C25H29ClN2O6/c1-15-14-34-16(2)13-28(15)24(31)23(30)27-21(12-22(29)25(32)33)10-17-6-8-18(9-7-17)19-4-3-5-20(26)11-19/h3-9,11,15-16,21-22,29H,10,12-14H2,1-2H3,(H,27,30)(H,32,33)/t15-,16+,21-,22-/m1/s1. The summed E-state index contributed by atoms with van der Waals surface area (Å²) in [5.74, 6) is -2.93. The Kier molecular flexibility index (Phi) is 8.66. The van der Waals surface area contributed by atoms with E-state index in [0.29, 0.717) is 18.2 Å². The molecular formula is C25H29ClN2O6. The summed E-state index contributed by atoms with van der Waals surface area (Å²) in [6.07, 6.45) is -1.85. The number of nitrogens with one attached hydrogen (secondary N) is 1. The van der Waals surface area contributed by atoms with Crippen molar-refractivity contribution in [2.24, 2.45) is 0 Å². The van der Waals surface area contributed by atoms with Gasteiger partial charge in [0.05, 0.1) is 18.8 Å². The fourth-order valence-corrected chi connectivity index (χ4v) is 4.10. The van der Waals surface area contributed by atoms with E-state index in [1.54, 1.807) is 13.0 Å². The van der Waals surface area contributed by atoms with E-state index >= 15 is 0 Å². The predicted octanol–water partition coefficient (Wildman–Crippen LogP) is 2.51. The molecule has 1 aliphatic rings. The molecule has 2 aromatic carbocycles. The minimum Gasteiger partial charge on any atom is -0.479 e. The van der Waals surface area contributed by atoms with Gasteiger partial charge in [0.15, 0.2) is 6.10 Å². The van der Waals surface area contributed by atoms with Gasteiger partial charge in [-0.2, -0.15) is 0 Å². The van der Waals surface area contributed by atoms with E-state index in [2.05, 4.69) is 5.32 Å². The van der Waals surface area contributed by atoms with Crippen molar-refractivity contribution in [3.8, 4) is 11.1 Å². The first-order valence-corrected chi connectivity index (χ1v) is 11.5. The fraction of sp³-hybridized carbons (Fsp3) is 0.400. The molecule has 8 nitrogen and oxygen atoms in total. The van der Waals surface area contributed by atoms with Crippen molar-refractivity contribution in [1.29, 1.82) is 0 Å². The monoisotopic (exact) mass is 488 g/mol. The predicted molar refractivity (Wildman–Crippen MR) is 127 cm³/mol. The molecule has 2 aromatic rings. The van der Waals surface area contributed by atoms with Gasteiger partial charge >= 0.3 is 17.8 Å². The number of benzene rings is 2. The largest absolute Gasteiger partial charge is 0.479 e. The zero-order valence-corrected chi connectivity index (χ0v) is 19.9. The van der Waals surface area contributed by atoms with Crippen LogP contribution in [0.4, 0.5) is 0 Å². The van der Waals surface area contributed by atoms with E-state index in [0.717, 1.165) is 16.7 Å². The van der Waals surface area contributed by atoms with Crippen molar-refractivity contribution in [3.63, 3.8) is 0 Å². The molecule has 9 heteroatoms. The first kappa shape index (κ1) is 25.7. The van der Waals surface area contributed by atoms with Crippen molar-refractivity contribution in [2.45, 2.75) is 51.0 Å². The first-order valence-electron chi connectivity index (χ1n) is 11.1. The van der Waals surface area contributed by atoms with Gasteiger partial charge in [-0.25, -0.2) is 4.79 Å². The van der Waals surface area contributed by atoms with Crippen molar-refractivity contribution < 1.29 is 29.3 Å². The van der Waals surface area contributed by atoms with Crippen molar-refractivity contribution >= 4 is 29.4 Å². The highest BCUT2D eigenvalue weighted by atomic mass is 35.5. The van der Waals surface area contributed by atoms with E-state index < -0.39 is 29.9 Å². The Balaban J connectivity index is 1.72. The van der Waals surface area contributed by atoms with Crippen molar-refractivity contribution in [2.75, 3.05) is 13.2 Å². The Bertz CT molecular complexity index is 1030. The second-order valence-corrected chi connectivity index (χ2v) is 9.06. The van der Waals surface area contributed by atoms with Crippen LogP contribution in [-0.2, 0) is 25.5 Å². The average molecular weight is 489 g/mol. The van der Waals surface area contributed by atoms with Gasteiger partial charge in [0, 0.05) is 24.0 Å². The molecule has 182 valence electrons. The summed E-state index contributed by atoms with van der Waals surface area (Å²) in [4.78, 5) is 38.1. The summed E-state index contributed by atoms with van der Waals surface area (Å²) in [6, 6.07) is 13.9. The van der Waals surface area contributed by atoms with Gasteiger partial charge in [-0.15, -0.1) is 0 Å². The number of hydrogen-bond donors (Lipinski definition) is 3. The minimum absolute atomic E-state index is 0.185. The van der Waals surface area contributed by atoms with E-state index in [-0.39, 0.29) is 25.0 Å². The number of aliphatic carboxylic acids is 1. The third-order valence-electron chi connectivity index (χ3n) is 5.78. The van der Waals surface area contributed by atoms with Gasteiger partial charge in [-0.05, 0) is 49.1 Å². The highest BCUT2D eigenvalue weighted by Gasteiger charge is 2.33. The number of carbonyl (C=O) groups is 3. The Morgan fingerprint density at radius 3 is 2.50 bits per heavy atom. The van der Waals surface area contributed by atoms with Crippen LogP contribution in [0.3, 0.4) is 0 Å². The van der Waals surface area contributed by atoms with E-state index in [1.807, 2.05) is 49.4 Å². The van der Waals surface area contributed by atoms with Gasteiger partial charge in [0.2, 0.25) is 0 Å². The maximum absolute atomic E-state index is 12.8. The Labute approximate surface area is 203 Å². The van der Waals surface area contributed by atoms with Crippen LogP contribution in [0, 0.1) is 0 Å². The van der Waals surface area contributed by atoms with Crippen LogP contribution in [0.5, 0.6) is 0 Å². The minimum atomic E-state index is -1.67. The molecule has 0 aliphatic carbocycles. The summed E-state index contributed by atoms with van der Waals surface area (Å²) in [7, 11) is 0. The number of carboxylic acid groups (broad SMARTS) is 1. The molecule has 1 aliphatic heterocycles. The number of nitrogens with zero attached hydrogens (tertiary/aromatic N) is 1. The molecular weight excluding hydrogens is 460 g/mol. The third kappa shape index (κ3) is 6.79. The van der Waals surface area contributed by atoms with Crippen LogP contribution < -0.4 is 5.32 Å². The van der Waals surface area contributed by atoms with E-state index in [1.165, 1.54) is 4.90 Å². The van der Waals surface area contributed by atoms with Crippen molar-refractivity contribution in [3.05, 3.63) is 59.1 Å². The summed E-state index contributed by atoms with van der Waals surface area (Å²) in [5.41, 5.74) is 2.71. The highest BCUT2D eigenvalue weighted by molar-refractivity contribution is 6.35. The van der Waals surface area contributed by atoms with E-state index in [4.69, 9.17) is 21.4 Å². The molecule has 3 rings (SSSR count). The number of halogens is 1. The molecule has 0 radical (unpaired) electrons. The van der Waals surface area contributed by atoms with Crippen LogP contribution in [0.2, 0.25) is 5.02 Å². The van der Waals surface area contributed by atoms with Crippen LogP contribution >= 0.6 is 11.6 Å². The number of amides is 2. The quantitative estimate of drug-likeness (QED) is 0.516. The molecule has 34 heavy (non-hydrogen) atoms. The van der Waals surface area contributed by atoms with Gasteiger partial charge in [0.25, 0.3) is 0 Å². The third-order valence-corrected chi connectivity index (χ3v) is 6.02. The van der Waals surface area contributed by atoms with Gasteiger partial charge < -0.3 is 25.2 Å². The lowest BCUT2D eigenvalue weighted by atomic mass is 9.97. The molecule has 1 fully saturated rings. The van der Waals surface area contributed by atoms with Crippen LogP contribution in [-0.4, -0.2) is 70.3 Å².